The molecule has 0 spiro atoms. The van der Waals surface area contributed by atoms with Crippen molar-refractivity contribution in [2.45, 2.75) is 52.2 Å². The van der Waals surface area contributed by atoms with Crippen LogP contribution < -0.4 is 5.32 Å². The first kappa shape index (κ1) is 16.9. The molecule has 1 saturated heterocycles. The van der Waals surface area contributed by atoms with Gasteiger partial charge in [-0.25, -0.2) is 13.2 Å². The van der Waals surface area contributed by atoms with E-state index in [9.17, 15) is 18.0 Å². The molecule has 1 N–H and O–H groups in total. The van der Waals surface area contributed by atoms with E-state index in [2.05, 4.69) is 5.32 Å². The third-order valence-electron chi connectivity index (χ3n) is 2.94. The molecule has 1 rings (SSSR count). The largest absolute Gasteiger partial charge is 0.458 e. The third kappa shape index (κ3) is 5.90. The van der Waals surface area contributed by atoms with E-state index in [4.69, 9.17) is 4.74 Å². The van der Waals surface area contributed by atoms with Crippen LogP contribution in [0.15, 0.2) is 0 Å². The lowest BCUT2D eigenvalue weighted by atomic mass is 10.0. The fourth-order valence-electron chi connectivity index (χ4n) is 2.04. The first-order valence-corrected chi connectivity index (χ1v) is 8.53. The van der Waals surface area contributed by atoms with Crippen LogP contribution in [0.4, 0.5) is 0 Å². The monoisotopic (exact) mass is 305 g/mol. The maximum absolute atomic E-state index is 11.8. The van der Waals surface area contributed by atoms with Crippen molar-refractivity contribution in [3.8, 4) is 0 Å². The Morgan fingerprint density at radius 2 is 1.95 bits per heavy atom. The van der Waals surface area contributed by atoms with Gasteiger partial charge in [0.25, 0.3) is 0 Å². The number of sulfone groups is 1. The SMILES string of the molecule is C[C@@H](NC(=O)CC1CCS(=O)(=O)C1)C(=O)OC(C)(C)C. The summed E-state index contributed by atoms with van der Waals surface area (Å²) >= 11 is 0. The molecule has 20 heavy (non-hydrogen) atoms. The molecule has 1 aliphatic heterocycles. The Bertz CT molecular complexity index is 477. The molecule has 0 aromatic rings. The molecule has 0 saturated carbocycles. The zero-order valence-corrected chi connectivity index (χ0v) is 13.2. The van der Waals surface area contributed by atoms with Crippen LogP contribution in [0.25, 0.3) is 0 Å². The first-order chi connectivity index (χ1) is 8.98. The standard InChI is InChI=1S/C13H23NO5S/c1-9(12(16)19-13(2,3)4)14-11(15)7-10-5-6-20(17,18)8-10/h9-10H,5-8H2,1-4H3,(H,14,15)/t9-,10?/m1/s1. The number of nitrogens with one attached hydrogen (secondary N) is 1. The number of hydrogen-bond acceptors (Lipinski definition) is 5. The molecule has 0 aromatic heterocycles. The third-order valence-corrected chi connectivity index (χ3v) is 4.78. The number of esters is 1. The molecule has 1 fully saturated rings. The van der Waals surface area contributed by atoms with E-state index in [1.165, 1.54) is 0 Å². The second-order valence-corrected chi connectivity index (χ2v) is 8.52. The molecule has 116 valence electrons. The van der Waals surface area contributed by atoms with Gasteiger partial charge in [-0.1, -0.05) is 0 Å². The summed E-state index contributed by atoms with van der Waals surface area (Å²) in [4.78, 5) is 23.5. The second kappa shape index (κ2) is 6.11. The Morgan fingerprint density at radius 1 is 1.35 bits per heavy atom. The number of rotatable bonds is 4. The summed E-state index contributed by atoms with van der Waals surface area (Å²) in [6.07, 6.45) is 0.642. The summed E-state index contributed by atoms with van der Waals surface area (Å²) < 4.78 is 27.8. The van der Waals surface area contributed by atoms with Crippen LogP contribution in [-0.4, -0.2) is 43.4 Å². The van der Waals surface area contributed by atoms with Crippen LogP contribution in [0.3, 0.4) is 0 Å². The van der Waals surface area contributed by atoms with Crippen molar-refractivity contribution in [3.05, 3.63) is 0 Å². The summed E-state index contributed by atoms with van der Waals surface area (Å²) in [7, 11) is -2.98. The van der Waals surface area contributed by atoms with Crippen LogP contribution in [0, 0.1) is 5.92 Å². The van der Waals surface area contributed by atoms with E-state index in [1.807, 2.05) is 0 Å². The van der Waals surface area contributed by atoms with E-state index < -0.39 is 27.4 Å². The van der Waals surface area contributed by atoms with Crippen LogP contribution in [0.1, 0.15) is 40.5 Å². The lowest BCUT2D eigenvalue weighted by Crippen LogP contribution is -2.42. The lowest BCUT2D eigenvalue weighted by Gasteiger charge is -2.23. The van der Waals surface area contributed by atoms with Crippen molar-refractivity contribution < 1.29 is 22.7 Å². The highest BCUT2D eigenvalue weighted by atomic mass is 32.2. The van der Waals surface area contributed by atoms with Crippen molar-refractivity contribution in [1.82, 2.24) is 5.32 Å². The molecule has 0 radical (unpaired) electrons. The summed E-state index contributed by atoms with van der Waals surface area (Å²) in [6, 6.07) is -0.736. The van der Waals surface area contributed by atoms with Gasteiger partial charge in [0.2, 0.25) is 5.91 Å². The highest BCUT2D eigenvalue weighted by Gasteiger charge is 2.30. The molecular formula is C13H23NO5S. The fourth-order valence-corrected chi connectivity index (χ4v) is 3.91. The van der Waals surface area contributed by atoms with Gasteiger partial charge in [-0.3, -0.25) is 4.79 Å². The predicted octanol–water partition coefficient (Wildman–Crippen LogP) is 0.658. The number of carbonyl (C=O) groups is 2. The van der Waals surface area contributed by atoms with Crippen molar-refractivity contribution >= 4 is 21.7 Å². The average Bonchev–Trinajstić information content (AvgIpc) is 2.54. The van der Waals surface area contributed by atoms with Crippen molar-refractivity contribution in [2.24, 2.45) is 5.92 Å². The smallest absolute Gasteiger partial charge is 0.328 e. The molecule has 1 unspecified atom stereocenters. The lowest BCUT2D eigenvalue weighted by molar-refractivity contribution is -0.158. The minimum Gasteiger partial charge on any atom is -0.458 e. The molecule has 1 heterocycles. The number of ether oxygens (including phenoxy) is 1. The average molecular weight is 305 g/mol. The van der Waals surface area contributed by atoms with Gasteiger partial charge >= 0.3 is 5.97 Å². The molecule has 0 bridgehead atoms. The van der Waals surface area contributed by atoms with Gasteiger partial charge in [-0.05, 0) is 40.0 Å². The molecule has 1 aliphatic rings. The highest BCUT2D eigenvalue weighted by molar-refractivity contribution is 7.91. The van der Waals surface area contributed by atoms with E-state index in [0.29, 0.717) is 6.42 Å². The highest BCUT2D eigenvalue weighted by Crippen LogP contribution is 2.21. The van der Waals surface area contributed by atoms with E-state index in [1.54, 1.807) is 27.7 Å². The van der Waals surface area contributed by atoms with Gasteiger partial charge in [0.1, 0.15) is 11.6 Å². The predicted molar refractivity (Wildman–Crippen MR) is 74.8 cm³/mol. The van der Waals surface area contributed by atoms with Crippen LogP contribution in [0.2, 0.25) is 0 Å². The molecule has 0 aliphatic carbocycles. The van der Waals surface area contributed by atoms with Gasteiger partial charge in [0.15, 0.2) is 9.84 Å². The molecule has 6 nitrogen and oxygen atoms in total. The fraction of sp³-hybridized carbons (Fsp3) is 0.846. The van der Waals surface area contributed by atoms with Crippen LogP contribution >= 0.6 is 0 Å². The van der Waals surface area contributed by atoms with Crippen LogP contribution in [0.5, 0.6) is 0 Å². The zero-order valence-electron chi connectivity index (χ0n) is 12.4. The Hall–Kier alpha value is -1.11. The Kier molecular flexibility index (Phi) is 5.18. The number of carbonyl (C=O) groups excluding carboxylic acids is 2. The number of hydrogen-bond donors (Lipinski definition) is 1. The van der Waals surface area contributed by atoms with E-state index >= 15 is 0 Å². The quantitative estimate of drug-likeness (QED) is 0.771. The Balaban J connectivity index is 2.41. The van der Waals surface area contributed by atoms with Crippen LogP contribution in [-0.2, 0) is 24.2 Å². The number of amides is 1. The topological polar surface area (TPSA) is 89.5 Å². The normalized spacial score (nSPS) is 23.1. The second-order valence-electron chi connectivity index (χ2n) is 6.30. The molecular weight excluding hydrogens is 282 g/mol. The van der Waals surface area contributed by atoms with Gasteiger partial charge in [0, 0.05) is 6.42 Å². The molecule has 1 amide bonds. The van der Waals surface area contributed by atoms with Crippen molar-refractivity contribution in [2.75, 3.05) is 11.5 Å². The maximum Gasteiger partial charge on any atom is 0.328 e. The summed E-state index contributed by atoms with van der Waals surface area (Å²) in [6.45, 7) is 6.81. The van der Waals surface area contributed by atoms with E-state index in [-0.39, 0.29) is 29.8 Å². The maximum atomic E-state index is 11.8. The Morgan fingerprint density at radius 3 is 2.40 bits per heavy atom. The summed E-state index contributed by atoms with van der Waals surface area (Å²) in [5.41, 5.74) is -0.602. The first-order valence-electron chi connectivity index (χ1n) is 6.71. The van der Waals surface area contributed by atoms with Gasteiger partial charge < -0.3 is 10.1 Å². The molecule has 0 aromatic carbocycles. The minimum absolute atomic E-state index is 0.0568. The summed E-state index contributed by atoms with van der Waals surface area (Å²) in [5, 5.41) is 2.55. The van der Waals surface area contributed by atoms with E-state index in [0.717, 1.165) is 0 Å². The zero-order chi connectivity index (χ0) is 15.6. The minimum atomic E-state index is -2.98. The van der Waals surface area contributed by atoms with Crippen molar-refractivity contribution in [1.29, 1.82) is 0 Å². The summed E-state index contributed by atoms with van der Waals surface area (Å²) in [5.74, 6) is -0.755. The molecule has 7 heteroatoms. The van der Waals surface area contributed by atoms with Gasteiger partial charge in [-0.2, -0.15) is 0 Å². The van der Waals surface area contributed by atoms with Gasteiger partial charge in [0.05, 0.1) is 11.5 Å². The van der Waals surface area contributed by atoms with Crippen molar-refractivity contribution in [3.63, 3.8) is 0 Å². The Labute approximate surface area is 120 Å². The molecule has 2 atom stereocenters. The van der Waals surface area contributed by atoms with Gasteiger partial charge in [-0.15, -0.1) is 0 Å².